The van der Waals surface area contributed by atoms with Crippen LogP contribution in [-0.4, -0.2) is 19.5 Å². The van der Waals surface area contributed by atoms with Crippen molar-refractivity contribution in [3.63, 3.8) is 0 Å². The molecule has 0 spiro atoms. The van der Waals surface area contributed by atoms with Gasteiger partial charge in [0.1, 0.15) is 0 Å². The van der Waals surface area contributed by atoms with Gasteiger partial charge in [-0.3, -0.25) is 0 Å². The van der Waals surface area contributed by atoms with Crippen LogP contribution in [0, 0.1) is 5.92 Å². The molecular weight excluding hydrogens is 224 g/mol. The number of hydrogen-bond acceptors (Lipinski definition) is 2. The number of rotatable bonds is 2. The Balaban J connectivity index is 1.86. The van der Waals surface area contributed by atoms with E-state index in [2.05, 4.69) is 43.3 Å². The van der Waals surface area contributed by atoms with Gasteiger partial charge in [0.25, 0.3) is 0 Å². The van der Waals surface area contributed by atoms with E-state index in [4.69, 9.17) is 9.47 Å². The van der Waals surface area contributed by atoms with Crippen LogP contribution >= 0.6 is 0 Å². The van der Waals surface area contributed by atoms with E-state index < -0.39 is 0 Å². The topological polar surface area (TPSA) is 18.5 Å². The second-order valence-corrected chi connectivity index (χ2v) is 5.28. The van der Waals surface area contributed by atoms with Gasteiger partial charge < -0.3 is 9.47 Å². The Labute approximate surface area is 109 Å². The highest BCUT2D eigenvalue weighted by molar-refractivity contribution is 5.25. The number of hydrogen-bond donors (Lipinski definition) is 0. The maximum Gasteiger partial charge on any atom is 0.161 e. The van der Waals surface area contributed by atoms with Crippen LogP contribution in [0.5, 0.6) is 0 Å². The van der Waals surface area contributed by atoms with Gasteiger partial charge in [-0.05, 0) is 31.2 Å². The molecular formula is C16H20O2. The Hall–Kier alpha value is -1.12. The first-order chi connectivity index (χ1) is 8.84. The van der Waals surface area contributed by atoms with Crippen molar-refractivity contribution in [2.75, 3.05) is 13.2 Å². The molecule has 2 nitrogen and oxygen atoms in total. The molecule has 1 fully saturated rings. The average molecular weight is 244 g/mol. The molecule has 0 bridgehead atoms. The molecule has 1 saturated heterocycles. The summed E-state index contributed by atoms with van der Waals surface area (Å²) in [6, 6.07) is 10.8. The molecule has 1 aromatic rings. The fourth-order valence-corrected chi connectivity index (χ4v) is 3.07. The number of ether oxygens (including phenoxy) is 2. The lowest BCUT2D eigenvalue weighted by atomic mass is 9.75. The minimum Gasteiger partial charge on any atom is -0.350 e. The van der Waals surface area contributed by atoms with Gasteiger partial charge in [0.05, 0.1) is 13.2 Å². The van der Waals surface area contributed by atoms with Gasteiger partial charge in [0, 0.05) is 5.92 Å². The van der Waals surface area contributed by atoms with Crippen LogP contribution in [0.1, 0.15) is 31.2 Å². The van der Waals surface area contributed by atoms with Crippen molar-refractivity contribution >= 4 is 0 Å². The maximum absolute atomic E-state index is 5.73. The Morgan fingerprint density at radius 1 is 1.06 bits per heavy atom. The molecule has 0 unspecified atom stereocenters. The summed E-state index contributed by atoms with van der Waals surface area (Å²) in [7, 11) is 0. The van der Waals surface area contributed by atoms with Crippen molar-refractivity contribution in [1.29, 1.82) is 0 Å². The van der Waals surface area contributed by atoms with Crippen molar-refractivity contribution in [1.82, 2.24) is 0 Å². The van der Waals surface area contributed by atoms with E-state index >= 15 is 0 Å². The van der Waals surface area contributed by atoms with Gasteiger partial charge in [-0.15, -0.1) is 0 Å². The fourth-order valence-electron chi connectivity index (χ4n) is 3.07. The molecule has 3 rings (SSSR count). The van der Waals surface area contributed by atoms with E-state index in [-0.39, 0.29) is 6.29 Å². The summed E-state index contributed by atoms with van der Waals surface area (Å²) in [5.41, 5.74) is 2.90. The van der Waals surface area contributed by atoms with Gasteiger partial charge in [-0.25, -0.2) is 0 Å². The Kier molecular flexibility index (Phi) is 3.48. The molecule has 2 aliphatic rings. The van der Waals surface area contributed by atoms with Crippen molar-refractivity contribution < 1.29 is 9.47 Å². The predicted molar refractivity (Wildman–Crippen MR) is 71.4 cm³/mol. The van der Waals surface area contributed by atoms with Crippen LogP contribution in [-0.2, 0) is 9.47 Å². The average Bonchev–Trinajstić information content (AvgIpc) is 2.93. The summed E-state index contributed by atoms with van der Waals surface area (Å²) < 4.78 is 11.5. The van der Waals surface area contributed by atoms with Gasteiger partial charge in [-0.2, -0.15) is 0 Å². The van der Waals surface area contributed by atoms with Crippen LogP contribution in [0.25, 0.3) is 0 Å². The minimum atomic E-state index is -0.0143. The molecule has 0 radical (unpaired) electrons. The highest BCUT2D eigenvalue weighted by Crippen LogP contribution is 2.41. The normalized spacial score (nSPS) is 29.3. The third kappa shape index (κ3) is 2.36. The lowest BCUT2D eigenvalue weighted by molar-refractivity contribution is -0.0910. The standard InChI is InChI=1S/C16H20O2/c1-12-7-8-14(16-17-9-10-18-16)15(11-12)13-5-3-2-4-6-13/h2-7,14-16H,8-11H2,1H3/t14-,15+/m1/s1. The fraction of sp³-hybridized carbons (Fsp3) is 0.500. The van der Waals surface area contributed by atoms with Crippen molar-refractivity contribution in [3.8, 4) is 0 Å². The molecule has 1 heterocycles. The highest BCUT2D eigenvalue weighted by atomic mass is 16.7. The van der Waals surface area contributed by atoms with Crippen molar-refractivity contribution in [3.05, 3.63) is 47.5 Å². The van der Waals surface area contributed by atoms with E-state index in [1.54, 1.807) is 0 Å². The first-order valence-corrected chi connectivity index (χ1v) is 6.78. The second-order valence-electron chi connectivity index (χ2n) is 5.28. The molecule has 1 aromatic carbocycles. The third-order valence-corrected chi connectivity index (χ3v) is 4.02. The van der Waals surface area contributed by atoms with Crippen LogP contribution in [0.4, 0.5) is 0 Å². The van der Waals surface area contributed by atoms with Gasteiger partial charge >= 0.3 is 0 Å². The van der Waals surface area contributed by atoms with E-state index in [0.717, 1.165) is 26.1 Å². The zero-order chi connectivity index (χ0) is 12.4. The molecule has 0 N–H and O–H groups in total. The lowest BCUT2D eigenvalue weighted by Gasteiger charge is -2.33. The minimum absolute atomic E-state index is 0.0143. The smallest absolute Gasteiger partial charge is 0.161 e. The number of benzene rings is 1. The molecule has 18 heavy (non-hydrogen) atoms. The molecule has 0 amide bonds. The molecule has 1 aliphatic heterocycles. The molecule has 96 valence electrons. The van der Waals surface area contributed by atoms with Crippen molar-refractivity contribution in [2.45, 2.75) is 32.0 Å². The zero-order valence-corrected chi connectivity index (χ0v) is 10.8. The molecule has 1 aliphatic carbocycles. The van der Waals surface area contributed by atoms with E-state index in [9.17, 15) is 0 Å². The van der Waals surface area contributed by atoms with Crippen LogP contribution in [0.3, 0.4) is 0 Å². The number of allylic oxidation sites excluding steroid dienone is 2. The first-order valence-electron chi connectivity index (χ1n) is 6.78. The summed E-state index contributed by atoms with van der Waals surface area (Å²) in [5.74, 6) is 0.984. The first kappa shape index (κ1) is 11.9. The molecule has 2 atom stereocenters. The Morgan fingerprint density at radius 2 is 1.78 bits per heavy atom. The Bertz CT molecular complexity index is 418. The largest absolute Gasteiger partial charge is 0.350 e. The zero-order valence-electron chi connectivity index (χ0n) is 10.8. The highest BCUT2D eigenvalue weighted by Gasteiger charge is 2.35. The summed E-state index contributed by atoms with van der Waals surface area (Å²) in [4.78, 5) is 0. The van der Waals surface area contributed by atoms with Crippen LogP contribution in [0.2, 0.25) is 0 Å². The van der Waals surface area contributed by atoms with Gasteiger partial charge in [0.15, 0.2) is 6.29 Å². The molecule has 0 saturated carbocycles. The Morgan fingerprint density at radius 3 is 2.50 bits per heavy atom. The van der Waals surface area contributed by atoms with Crippen molar-refractivity contribution in [2.24, 2.45) is 5.92 Å². The predicted octanol–water partition coefficient (Wildman–Crippen LogP) is 3.50. The third-order valence-electron chi connectivity index (χ3n) is 4.02. The summed E-state index contributed by atoms with van der Waals surface area (Å²) >= 11 is 0. The van der Waals surface area contributed by atoms with E-state index in [0.29, 0.717) is 11.8 Å². The molecule has 0 aromatic heterocycles. The SMILES string of the molecule is CC1=CC[C@@H](C2OCCO2)[C@H](c2ccccc2)C1. The van der Waals surface area contributed by atoms with Gasteiger partial charge in [-0.1, -0.05) is 42.0 Å². The maximum atomic E-state index is 5.73. The van der Waals surface area contributed by atoms with E-state index in [1.807, 2.05) is 0 Å². The quantitative estimate of drug-likeness (QED) is 0.741. The summed E-state index contributed by atoms with van der Waals surface area (Å²) in [6.07, 6.45) is 4.52. The second kappa shape index (κ2) is 5.25. The summed E-state index contributed by atoms with van der Waals surface area (Å²) in [5, 5.41) is 0. The summed E-state index contributed by atoms with van der Waals surface area (Å²) in [6.45, 7) is 3.71. The van der Waals surface area contributed by atoms with Gasteiger partial charge in [0.2, 0.25) is 0 Å². The van der Waals surface area contributed by atoms with Crippen LogP contribution in [0.15, 0.2) is 42.0 Å². The van der Waals surface area contributed by atoms with E-state index in [1.165, 1.54) is 11.1 Å². The van der Waals surface area contributed by atoms with Crippen LogP contribution < -0.4 is 0 Å². The lowest BCUT2D eigenvalue weighted by Crippen LogP contribution is -2.29. The monoisotopic (exact) mass is 244 g/mol. The molecule has 2 heteroatoms.